The second kappa shape index (κ2) is 4.93. The maximum absolute atomic E-state index is 6.29. The van der Waals surface area contributed by atoms with Crippen molar-refractivity contribution >= 4 is 0 Å². The van der Waals surface area contributed by atoms with E-state index in [-0.39, 0.29) is 12.1 Å². The van der Waals surface area contributed by atoms with Gasteiger partial charge in [0.15, 0.2) is 0 Å². The van der Waals surface area contributed by atoms with Crippen molar-refractivity contribution in [3.63, 3.8) is 0 Å². The van der Waals surface area contributed by atoms with E-state index in [0.717, 1.165) is 31.7 Å². The minimum Gasteiger partial charge on any atom is -0.378 e. The first-order valence-corrected chi connectivity index (χ1v) is 5.99. The topological polar surface area (TPSA) is 66.0 Å². The molecular formula is C11H20N4O. The number of aryl methyl sites for hydroxylation is 1. The minimum atomic E-state index is -0.0148. The summed E-state index contributed by atoms with van der Waals surface area (Å²) >= 11 is 0. The van der Waals surface area contributed by atoms with E-state index in [4.69, 9.17) is 10.5 Å². The Morgan fingerprint density at radius 1 is 1.69 bits per heavy atom. The molecule has 1 fully saturated rings. The van der Waals surface area contributed by atoms with Crippen LogP contribution in [0.4, 0.5) is 0 Å². The summed E-state index contributed by atoms with van der Waals surface area (Å²) in [6, 6.07) is -0.0148. The molecule has 2 rings (SSSR count). The van der Waals surface area contributed by atoms with Crippen molar-refractivity contribution in [2.45, 2.75) is 45.4 Å². The summed E-state index contributed by atoms with van der Waals surface area (Å²) < 4.78 is 7.47. The zero-order valence-corrected chi connectivity index (χ0v) is 9.97. The Hall–Kier alpha value is -0.940. The molecule has 0 spiro atoms. The summed E-state index contributed by atoms with van der Waals surface area (Å²) in [5.74, 6) is 0.383. The number of nitrogens with zero attached hydrogens (tertiary/aromatic N) is 3. The Bertz CT molecular complexity index is 338. The molecule has 0 saturated carbocycles. The predicted molar refractivity (Wildman–Crippen MR) is 60.8 cm³/mol. The van der Waals surface area contributed by atoms with Crippen molar-refractivity contribution in [1.29, 1.82) is 0 Å². The van der Waals surface area contributed by atoms with Crippen LogP contribution in [0.15, 0.2) is 6.20 Å². The van der Waals surface area contributed by atoms with E-state index in [1.807, 2.05) is 4.68 Å². The van der Waals surface area contributed by atoms with Gasteiger partial charge in [-0.15, -0.1) is 5.10 Å². The van der Waals surface area contributed by atoms with Crippen molar-refractivity contribution in [2.75, 3.05) is 6.61 Å². The summed E-state index contributed by atoms with van der Waals surface area (Å²) in [6.45, 7) is 5.91. The minimum absolute atomic E-state index is 0.0148. The number of nitrogens with two attached hydrogens (primary N) is 1. The van der Waals surface area contributed by atoms with E-state index < -0.39 is 0 Å². The lowest BCUT2D eigenvalue weighted by Crippen LogP contribution is -2.28. The standard InChI is InChI=1S/C11H20N4O/c1-3-5-15-10(7-13-14-15)11(12)9-4-6-16-8(9)2/h7-9,11H,3-6,12H2,1-2H3. The van der Waals surface area contributed by atoms with Gasteiger partial charge >= 0.3 is 0 Å². The first-order valence-electron chi connectivity index (χ1n) is 5.99. The summed E-state index contributed by atoms with van der Waals surface area (Å²) in [7, 11) is 0. The molecule has 0 amide bonds. The molecule has 5 heteroatoms. The Morgan fingerprint density at radius 2 is 2.50 bits per heavy atom. The zero-order valence-electron chi connectivity index (χ0n) is 9.97. The maximum atomic E-state index is 6.29. The first-order chi connectivity index (χ1) is 7.74. The molecule has 16 heavy (non-hydrogen) atoms. The van der Waals surface area contributed by atoms with Crippen LogP contribution < -0.4 is 5.73 Å². The molecule has 1 saturated heterocycles. The molecule has 0 aliphatic carbocycles. The Morgan fingerprint density at radius 3 is 3.12 bits per heavy atom. The molecule has 0 aromatic carbocycles. The van der Waals surface area contributed by atoms with E-state index in [1.165, 1.54) is 0 Å². The fourth-order valence-electron chi connectivity index (χ4n) is 2.35. The fourth-order valence-corrected chi connectivity index (χ4v) is 2.35. The highest BCUT2D eigenvalue weighted by Crippen LogP contribution is 2.31. The Kier molecular flexibility index (Phi) is 3.56. The van der Waals surface area contributed by atoms with Crippen LogP contribution in [0.25, 0.3) is 0 Å². The van der Waals surface area contributed by atoms with E-state index in [1.54, 1.807) is 6.20 Å². The average Bonchev–Trinajstić information content (AvgIpc) is 2.87. The van der Waals surface area contributed by atoms with Gasteiger partial charge < -0.3 is 10.5 Å². The molecular weight excluding hydrogens is 204 g/mol. The molecule has 1 aromatic heterocycles. The van der Waals surface area contributed by atoms with Gasteiger partial charge in [-0.3, -0.25) is 0 Å². The quantitative estimate of drug-likeness (QED) is 0.832. The summed E-state index contributed by atoms with van der Waals surface area (Å²) in [5, 5.41) is 8.02. The van der Waals surface area contributed by atoms with Crippen LogP contribution in [0, 0.1) is 5.92 Å². The van der Waals surface area contributed by atoms with E-state index in [9.17, 15) is 0 Å². The highest BCUT2D eigenvalue weighted by atomic mass is 16.5. The van der Waals surface area contributed by atoms with Gasteiger partial charge in [-0.1, -0.05) is 12.1 Å². The number of ether oxygens (including phenoxy) is 1. The third kappa shape index (κ3) is 2.10. The van der Waals surface area contributed by atoms with Crippen LogP contribution in [-0.2, 0) is 11.3 Å². The van der Waals surface area contributed by atoms with Crippen LogP contribution in [0.2, 0.25) is 0 Å². The van der Waals surface area contributed by atoms with E-state index >= 15 is 0 Å². The molecule has 1 aliphatic heterocycles. The number of rotatable bonds is 4. The molecule has 2 N–H and O–H groups in total. The smallest absolute Gasteiger partial charge is 0.0758 e. The van der Waals surface area contributed by atoms with Gasteiger partial charge in [0.05, 0.1) is 24.0 Å². The zero-order chi connectivity index (χ0) is 11.5. The van der Waals surface area contributed by atoms with Crippen molar-refractivity contribution in [1.82, 2.24) is 15.0 Å². The summed E-state index contributed by atoms with van der Waals surface area (Å²) in [6.07, 6.45) is 4.09. The monoisotopic (exact) mass is 224 g/mol. The van der Waals surface area contributed by atoms with Gasteiger partial charge in [-0.2, -0.15) is 0 Å². The van der Waals surface area contributed by atoms with Gasteiger partial charge in [0.1, 0.15) is 0 Å². The molecule has 90 valence electrons. The maximum Gasteiger partial charge on any atom is 0.0758 e. The molecule has 1 aliphatic rings. The second-order valence-electron chi connectivity index (χ2n) is 4.44. The molecule has 3 atom stereocenters. The summed E-state index contributed by atoms with van der Waals surface area (Å²) in [5.41, 5.74) is 7.32. The van der Waals surface area contributed by atoms with Crippen LogP contribution in [0.3, 0.4) is 0 Å². The van der Waals surface area contributed by atoms with Crippen LogP contribution in [0.5, 0.6) is 0 Å². The highest BCUT2D eigenvalue weighted by Gasteiger charge is 2.32. The van der Waals surface area contributed by atoms with Gasteiger partial charge in [-0.05, 0) is 19.8 Å². The fraction of sp³-hybridized carbons (Fsp3) is 0.818. The first kappa shape index (κ1) is 11.5. The normalized spacial score (nSPS) is 27.2. The Balaban J connectivity index is 2.13. The Labute approximate surface area is 96.0 Å². The molecule has 1 aromatic rings. The van der Waals surface area contributed by atoms with Crippen molar-refractivity contribution in [3.8, 4) is 0 Å². The van der Waals surface area contributed by atoms with E-state index in [2.05, 4.69) is 24.2 Å². The average molecular weight is 224 g/mol. The number of hydrogen-bond acceptors (Lipinski definition) is 4. The van der Waals surface area contributed by atoms with Gasteiger partial charge in [0, 0.05) is 19.1 Å². The lowest BCUT2D eigenvalue weighted by molar-refractivity contribution is 0.0986. The number of aromatic nitrogens is 3. The van der Waals surface area contributed by atoms with E-state index in [0.29, 0.717) is 5.92 Å². The summed E-state index contributed by atoms with van der Waals surface area (Å²) in [4.78, 5) is 0. The van der Waals surface area contributed by atoms with Crippen molar-refractivity contribution in [2.24, 2.45) is 11.7 Å². The lowest BCUT2D eigenvalue weighted by Gasteiger charge is -2.22. The van der Waals surface area contributed by atoms with Gasteiger partial charge in [-0.25, -0.2) is 4.68 Å². The highest BCUT2D eigenvalue weighted by molar-refractivity contribution is 5.05. The van der Waals surface area contributed by atoms with Crippen LogP contribution in [-0.4, -0.2) is 27.7 Å². The molecule has 3 unspecified atom stereocenters. The van der Waals surface area contributed by atoms with Crippen molar-refractivity contribution < 1.29 is 4.74 Å². The lowest BCUT2D eigenvalue weighted by atomic mass is 9.92. The third-order valence-corrected chi connectivity index (χ3v) is 3.32. The SMILES string of the molecule is CCCn1nncc1C(N)C1CCOC1C. The number of hydrogen-bond donors (Lipinski definition) is 1. The second-order valence-corrected chi connectivity index (χ2v) is 4.44. The third-order valence-electron chi connectivity index (χ3n) is 3.32. The van der Waals surface area contributed by atoms with Gasteiger partial charge in [0.25, 0.3) is 0 Å². The molecule has 0 radical (unpaired) electrons. The molecule has 0 bridgehead atoms. The predicted octanol–water partition coefficient (Wildman–Crippen LogP) is 1.11. The largest absolute Gasteiger partial charge is 0.378 e. The van der Waals surface area contributed by atoms with Crippen molar-refractivity contribution in [3.05, 3.63) is 11.9 Å². The molecule has 5 nitrogen and oxygen atoms in total. The molecule has 2 heterocycles. The van der Waals surface area contributed by atoms with Gasteiger partial charge in [0.2, 0.25) is 0 Å². The van der Waals surface area contributed by atoms with Crippen LogP contribution in [0.1, 0.15) is 38.4 Å². The van der Waals surface area contributed by atoms with Crippen LogP contribution >= 0.6 is 0 Å².